The Bertz CT molecular complexity index is 1280. The van der Waals surface area contributed by atoms with Crippen LogP contribution in [0.1, 0.15) is 33.4 Å². The number of hydrogen-bond acceptors (Lipinski definition) is 2. The first-order valence-electron chi connectivity index (χ1n) is 12.4. The summed E-state index contributed by atoms with van der Waals surface area (Å²) in [5.74, 6) is 0.0185. The summed E-state index contributed by atoms with van der Waals surface area (Å²) in [7, 11) is 0. The molecular weight excluding hydrogens is 428 g/mol. The van der Waals surface area contributed by atoms with E-state index in [2.05, 4.69) is 72.2 Å². The Kier molecular flexibility index (Phi) is 8.34. The van der Waals surface area contributed by atoms with Gasteiger partial charge in [-0.2, -0.15) is 0 Å². The van der Waals surface area contributed by atoms with Crippen LogP contribution >= 0.6 is 0 Å². The highest BCUT2D eigenvalue weighted by Gasteiger charge is 2.10. The lowest BCUT2D eigenvalue weighted by Crippen LogP contribution is -2.16. The fourth-order valence-corrected chi connectivity index (χ4v) is 4.44. The molecule has 0 fully saturated rings. The maximum Gasteiger partial charge on any atom is 0.228 e. The lowest BCUT2D eigenvalue weighted by Gasteiger charge is -2.15. The van der Waals surface area contributed by atoms with E-state index in [0.29, 0.717) is 6.42 Å². The molecule has 0 radical (unpaired) electrons. The first-order valence-corrected chi connectivity index (χ1v) is 12.4. The molecule has 35 heavy (non-hydrogen) atoms. The summed E-state index contributed by atoms with van der Waals surface area (Å²) >= 11 is 0. The molecular formula is C32H34N2O. The summed E-state index contributed by atoms with van der Waals surface area (Å²) in [5.41, 5.74) is 9.45. The van der Waals surface area contributed by atoms with E-state index in [1.165, 1.54) is 22.4 Å². The van der Waals surface area contributed by atoms with Gasteiger partial charge in [0, 0.05) is 17.9 Å². The molecule has 0 aliphatic rings. The molecule has 0 atom stereocenters. The highest BCUT2D eigenvalue weighted by molar-refractivity contribution is 5.93. The molecule has 1 amide bonds. The molecule has 0 aliphatic carbocycles. The monoisotopic (exact) mass is 462 g/mol. The Labute approximate surface area is 209 Å². The molecule has 3 heteroatoms. The van der Waals surface area contributed by atoms with E-state index in [1.807, 2.05) is 49.4 Å². The Morgan fingerprint density at radius 3 is 1.69 bits per heavy atom. The van der Waals surface area contributed by atoms with Gasteiger partial charge in [-0.05, 0) is 78.6 Å². The van der Waals surface area contributed by atoms with Crippen molar-refractivity contribution < 1.29 is 4.79 Å². The van der Waals surface area contributed by atoms with Crippen molar-refractivity contribution in [2.75, 3.05) is 17.2 Å². The van der Waals surface area contributed by atoms with E-state index in [1.54, 1.807) is 0 Å². The van der Waals surface area contributed by atoms with E-state index in [-0.39, 0.29) is 5.91 Å². The van der Waals surface area contributed by atoms with Crippen molar-refractivity contribution in [1.29, 1.82) is 0 Å². The van der Waals surface area contributed by atoms with Crippen molar-refractivity contribution in [2.24, 2.45) is 0 Å². The SMILES string of the molecule is Cc1ccccc1CCNc1ccccc1CCc1ccccc1NC(=O)Cc1ccccc1C. The Hall–Kier alpha value is -3.85. The molecule has 0 saturated carbocycles. The maximum atomic E-state index is 12.8. The molecule has 3 nitrogen and oxygen atoms in total. The van der Waals surface area contributed by atoms with Crippen LogP contribution in [0, 0.1) is 13.8 Å². The minimum atomic E-state index is 0.0185. The molecule has 0 heterocycles. The smallest absolute Gasteiger partial charge is 0.228 e. The Morgan fingerprint density at radius 2 is 1.06 bits per heavy atom. The fraction of sp³-hybridized carbons (Fsp3) is 0.219. The average molecular weight is 463 g/mol. The summed E-state index contributed by atoms with van der Waals surface area (Å²) in [6.07, 6.45) is 3.14. The highest BCUT2D eigenvalue weighted by atomic mass is 16.1. The van der Waals surface area contributed by atoms with Gasteiger partial charge < -0.3 is 10.6 Å². The predicted octanol–water partition coefficient (Wildman–Crippen LogP) is 6.92. The Morgan fingerprint density at radius 1 is 0.571 bits per heavy atom. The van der Waals surface area contributed by atoms with Gasteiger partial charge in [0.1, 0.15) is 0 Å². The summed E-state index contributed by atoms with van der Waals surface area (Å²) < 4.78 is 0. The van der Waals surface area contributed by atoms with Crippen LogP contribution in [-0.4, -0.2) is 12.5 Å². The topological polar surface area (TPSA) is 41.1 Å². The zero-order valence-corrected chi connectivity index (χ0v) is 20.7. The third kappa shape index (κ3) is 6.83. The number of hydrogen-bond donors (Lipinski definition) is 2. The molecule has 4 aromatic carbocycles. The van der Waals surface area contributed by atoms with Crippen LogP contribution in [0.4, 0.5) is 11.4 Å². The van der Waals surface area contributed by atoms with Gasteiger partial charge in [0.25, 0.3) is 0 Å². The quantitative estimate of drug-likeness (QED) is 0.268. The van der Waals surface area contributed by atoms with Gasteiger partial charge >= 0.3 is 0 Å². The molecule has 0 unspecified atom stereocenters. The van der Waals surface area contributed by atoms with Crippen LogP contribution in [0.3, 0.4) is 0 Å². The number of aryl methyl sites for hydroxylation is 4. The van der Waals surface area contributed by atoms with E-state index >= 15 is 0 Å². The number of benzene rings is 4. The molecule has 2 N–H and O–H groups in total. The Balaban J connectivity index is 1.37. The van der Waals surface area contributed by atoms with Gasteiger partial charge in [-0.25, -0.2) is 0 Å². The molecule has 178 valence electrons. The number of para-hydroxylation sites is 2. The zero-order chi connectivity index (χ0) is 24.5. The fourth-order valence-electron chi connectivity index (χ4n) is 4.44. The number of carbonyl (C=O) groups is 1. The highest BCUT2D eigenvalue weighted by Crippen LogP contribution is 2.22. The summed E-state index contributed by atoms with van der Waals surface area (Å²) in [6.45, 7) is 5.11. The zero-order valence-electron chi connectivity index (χ0n) is 20.7. The molecule has 0 aromatic heterocycles. The average Bonchev–Trinajstić information content (AvgIpc) is 2.87. The molecule has 0 spiro atoms. The van der Waals surface area contributed by atoms with Crippen LogP contribution in [0.2, 0.25) is 0 Å². The third-order valence-corrected chi connectivity index (χ3v) is 6.56. The first kappa shape index (κ1) is 24.3. The minimum Gasteiger partial charge on any atom is -0.384 e. The number of anilines is 2. The lowest BCUT2D eigenvalue weighted by molar-refractivity contribution is -0.115. The van der Waals surface area contributed by atoms with Crippen molar-refractivity contribution in [2.45, 2.75) is 39.5 Å². The predicted molar refractivity (Wildman–Crippen MR) is 147 cm³/mol. The van der Waals surface area contributed by atoms with E-state index in [9.17, 15) is 4.79 Å². The van der Waals surface area contributed by atoms with Crippen LogP contribution in [-0.2, 0) is 30.5 Å². The second-order valence-corrected chi connectivity index (χ2v) is 9.07. The second kappa shape index (κ2) is 12.0. The van der Waals surface area contributed by atoms with Gasteiger partial charge in [-0.3, -0.25) is 4.79 Å². The van der Waals surface area contributed by atoms with Gasteiger partial charge in [0.15, 0.2) is 0 Å². The summed E-state index contributed by atoms with van der Waals surface area (Å²) in [6, 6.07) is 33.3. The molecule has 0 aliphatic heterocycles. The lowest BCUT2D eigenvalue weighted by atomic mass is 10.0. The largest absolute Gasteiger partial charge is 0.384 e. The van der Waals surface area contributed by atoms with Gasteiger partial charge in [-0.1, -0.05) is 84.9 Å². The van der Waals surface area contributed by atoms with Crippen LogP contribution in [0.15, 0.2) is 97.1 Å². The second-order valence-electron chi connectivity index (χ2n) is 9.07. The number of carbonyl (C=O) groups excluding carboxylic acids is 1. The van der Waals surface area contributed by atoms with Crippen LogP contribution in [0.25, 0.3) is 0 Å². The first-order chi connectivity index (χ1) is 17.1. The van der Waals surface area contributed by atoms with E-state index < -0.39 is 0 Å². The molecule has 0 bridgehead atoms. The summed E-state index contributed by atoms with van der Waals surface area (Å²) in [5, 5.41) is 6.78. The molecule has 0 saturated heterocycles. The van der Waals surface area contributed by atoms with Gasteiger partial charge in [-0.15, -0.1) is 0 Å². The number of amides is 1. The normalized spacial score (nSPS) is 10.7. The van der Waals surface area contributed by atoms with E-state index in [0.717, 1.165) is 48.2 Å². The minimum absolute atomic E-state index is 0.0185. The number of nitrogens with one attached hydrogen (secondary N) is 2. The van der Waals surface area contributed by atoms with Gasteiger partial charge in [0.05, 0.1) is 6.42 Å². The molecule has 4 aromatic rings. The van der Waals surface area contributed by atoms with Crippen molar-refractivity contribution in [3.05, 3.63) is 130 Å². The van der Waals surface area contributed by atoms with Crippen molar-refractivity contribution in [3.63, 3.8) is 0 Å². The van der Waals surface area contributed by atoms with Crippen LogP contribution < -0.4 is 10.6 Å². The van der Waals surface area contributed by atoms with Crippen molar-refractivity contribution >= 4 is 17.3 Å². The third-order valence-electron chi connectivity index (χ3n) is 6.56. The molecule has 4 rings (SSSR count). The van der Waals surface area contributed by atoms with Gasteiger partial charge in [0.2, 0.25) is 5.91 Å². The standard InChI is InChI=1S/C32H34N2O/c1-24-11-3-5-13-26(24)21-22-33-30-17-9-7-14-27(30)19-20-28-15-8-10-18-31(28)34-32(35)23-29-16-6-4-12-25(29)2/h3-18,33H,19-23H2,1-2H3,(H,34,35). The van der Waals surface area contributed by atoms with Crippen LogP contribution in [0.5, 0.6) is 0 Å². The maximum absolute atomic E-state index is 12.8. The van der Waals surface area contributed by atoms with E-state index in [4.69, 9.17) is 0 Å². The summed E-state index contributed by atoms with van der Waals surface area (Å²) in [4.78, 5) is 12.8. The van der Waals surface area contributed by atoms with Crippen molar-refractivity contribution in [1.82, 2.24) is 0 Å². The van der Waals surface area contributed by atoms with Crippen molar-refractivity contribution in [3.8, 4) is 0 Å². The number of rotatable bonds is 10.